The molecule has 1 aromatic heterocycles. The van der Waals surface area contributed by atoms with Crippen LogP contribution in [0.5, 0.6) is 5.75 Å². The summed E-state index contributed by atoms with van der Waals surface area (Å²) in [6.07, 6.45) is 1.72. The normalized spacial score (nSPS) is 11.4. The number of nitrogens with zero attached hydrogens (tertiary/aromatic N) is 2. The third-order valence-corrected chi connectivity index (χ3v) is 6.45. The molecule has 28 heavy (non-hydrogen) atoms. The first-order valence-corrected chi connectivity index (χ1v) is 10.3. The van der Waals surface area contributed by atoms with E-state index in [1.54, 1.807) is 40.3 Å². The Balaban J connectivity index is 2.39. The fourth-order valence-corrected chi connectivity index (χ4v) is 4.15. The monoisotopic (exact) mass is 405 g/mol. The van der Waals surface area contributed by atoms with Gasteiger partial charge in [0, 0.05) is 29.9 Å². The Kier molecular flexibility index (Phi) is 6.46. The lowest BCUT2D eigenvalue weighted by atomic mass is 10.0. The zero-order chi connectivity index (χ0) is 21.2. The van der Waals surface area contributed by atoms with Gasteiger partial charge < -0.3 is 9.64 Å². The summed E-state index contributed by atoms with van der Waals surface area (Å²) in [6, 6.07) is 3.13. The van der Waals surface area contributed by atoms with Crippen LogP contribution in [-0.2, 0) is 16.6 Å². The lowest BCUT2D eigenvalue weighted by molar-refractivity contribution is 0.0782. The molecular weight excluding hydrogens is 378 g/mol. The number of ether oxygens (including phenoxy) is 1. The molecule has 1 heterocycles. The molecule has 7 nitrogen and oxygen atoms in total. The average molecular weight is 406 g/mol. The lowest BCUT2D eigenvalue weighted by Crippen LogP contribution is -2.28. The molecule has 1 amide bonds. The predicted molar refractivity (Wildman–Crippen MR) is 108 cm³/mol. The Hall–Kier alpha value is -2.45. The van der Waals surface area contributed by atoms with Crippen LogP contribution in [0.2, 0.25) is 0 Å². The van der Waals surface area contributed by atoms with Gasteiger partial charge in [0.15, 0.2) is 0 Å². The number of nitrogens with one attached hydrogen (secondary N) is 1. The van der Waals surface area contributed by atoms with Crippen molar-refractivity contribution in [3.63, 3.8) is 0 Å². The van der Waals surface area contributed by atoms with E-state index in [1.807, 2.05) is 13.8 Å². The van der Waals surface area contributed by atoms with Crippen LogP contribution in [0.25, 0.3) is 0 Å². The molecule has 0 aliphatic heterocycles. The van der Waals surface area contributed by atoms with Gasteiger partial charge in [0.1, 0.15) is 5.75 Å². The minimum absolute atomic E-state index is 0.109. The highest BCUT2D eigenvalue weighted by atomic mass is 32.2. The van der Waals surface area contributed by atoms with E-state index in [0.717, 1.165) is 28.1 Å². The van der Waals surface area contributed by atoms with E-state index < -0.39 is 10.0 Å². The Morgan fingerprint density at radius 3 is 2.36 bits per heavy atom. The van der Waals surface area contributed by atoms with Crippen molar-refractivity contribution in [1.29, 1.82) is 0 Å². The summed E-state index contributed by atoms with van der Waals surface area (Å²) in [6.45, 7) is 7.61. The maximum atomic E-state index is 13.0. The van der Waals surface area contributed by atoms with Gasteiger partial charge in [-0.15, -0.1) is 0 Å². The second kappa shape index (κ2) is 8.28. The van der Waals surface area contributed by atoms with E-state index in [9.17, 15) is 13.2 Å². The van der Waals surface area contributed by atoms with Gasteiger partial charge in [0.2, 0.25) is 10.0 Å². The van der Waals surface area contributed by atoms with E-state index in [-0.39, 0.29) is 17.3 Å². The number of aromatic nitrogens is 1. The lowest BCUT2D eigenvalue weighted by Gasteiger charge is -2.20. The number of rotatable bonds is 6. The Morgan fingerprint density at radius 1 is 1.14 bits per heavy atom. The Labute approximate surface area is 166 Å². The van der Waals surface area contributed by atoms with Crippen molar-refractivity contribution in [2.45, 2.75) is 39.1 Å². The molecule has 0 unspecified atom stereocenters. The van der Waals surface area contributed by atoms with Crippen molar-refractivity contribution in [2.24, 2.45) is 0 Å². The smallest absolute Gasteiger partial charge is 0.254 e. The van der Waals surface area contributed by atoms with Gasteiger partial charge in [0.05, 0.1) is 24.2 Å². The van der Waals surface area contributed by atoms with Crippen molar-refractivity contribution in [3.05, 3.63) is 51.8 Å². The first-order valence-electron chi connectivity index (χ1n) is 8.82. The Morgan fingerprint density at radius 2 is 1.79 bits per heavy atom. The zero-order valence-electron chi connectivity index (χ0n) is 17.4. The van der Waals surface area contributed by atoms with Crippen LogP contribution in [0.1, 0.15) is 38.3 Å². The van der Waals surface area contributed by atoms with Crippen molar-refractivity contribution in [2.75, 3.05) is 21.2 Å². The van der Waals surface area contributed by atoms with Crippen LogP contribution in [0, 0.1) is 27.7 Å². The van der Waals surface area contributed by atoms with Crippen molar-refractivity contribution >= 4 is 15.9 Å². The molecule has 1 N–H and O–H groups in total. The zero-order valence-corrected chi connectivity index (χ0v) is 18.2. The summed E-state index contributed by atoms with van der Waals surface area (Å²) >= 11 is 0. The fraction of sp³-hybridized carbons (Fsp3) is 0.400. The summed E-state index contributed by atoms with van der Waals surface area (Å²) in [7, 11) is 0.957. The number of amides is 1. The van der Waals surface area contributed by atoms with Crippen molar-refractivity contribution in [1.82, 2.24) is 14.6 Å². The molecule has 0 saturated carbocycles. The highest BCUT2D eigenvalue weighted by Gasteiger charge is 2.22. The number of carbonyl (C=O) groups excluding carboxylic acids is 1. The number of hydrogen-bond acceptors (Lipinski definition) is 5. The topological polar surface area (TPSA) is 88.6 Å². The van der Waals surface area contributed by atoms with Crippen LogP contribution in [-0.4, -0.2) is 45.4 Å². The maximum Gasteiger partial charge on any atom is 0.254 e. The SMILES string of the molecule is CNS(=O)(=O)c1cc(C(=O)N(C)Cc2ncc(C)c(OC)c2C)cc(C)c1C. The number of hydrogen-bond donors (Lipinski definition) is 1. The molecule has 0 spiro atoms. The van der Waals surface area contributed by atoms with Crippen molar-refractivity contribution in [3.8, 4) is 5.75 Å². The standard InChI is InChI=1S/C20H27N3O4S/c1-12-8-16(9-18(14(12)3)28(25,26)21-5)20(24)23(6)11-17-15(4)19(27-7)13(2)10-22-17/h8-10,21H,11H2,1-7H3. The Bertz CT molecular complexity index is 1020. The molecule has 2 rings (SSSR count). The van der Waals surface area contributed by atoms with E-state index in [0.29, 0.717) is 11.1 Å². The molecule has 0 aliphatic carbocycles. The molecule has 0 radical (unpaired) electrons. The minimum Gasteiger partial charge on any atom is -0.496 e. The number of methoxy groups -OCH3 is 1. The number of carbonyl (C=O) groups is 1. The molecular formula is C20H27N3O4S. The molecule has 2 aromatic rings. The van der Waals surface area contributed by atoms with Gasteiger partial charge in [-0.05, 0) is 58.0 Å². The molecule has 1 aromatic carbocycles. The second-order valence-corrected chi connectivity index (χ2v) is 8.69. The number of sulfonamides is 1. The highest BCUT2D eigenvalue weighted by Crippen LogP contribution is 2.26. The number of aryl methyl sites for hydroxylation is 2. The average Bonchev–Trinajstić information content (AvgIpc) is 2.65. The van der Waals surface area contributed by atoms with E-state index >= 15 is 0 Å². The number of pyridine rings is 1. The van der Waals surface area contributed by atoms with Crippen molar-refractivity contribution < 1.29 is 17.9 Å². The highest BCUT2D eigenvalue weighted by molar-refractivity contribution is 7.89. The van der Waals surface area contributed by atoms with Gasteiger partial charge in [0.25, 0.3) is 5.91 Å². The minimum atomic E-state index is -3.66. The van der Waals surface area contributed by atoms with Crippen LogP contribution >= 0.6 is 0 Å². The number of benzene rings is 1. The summed E-state index contributed by atoms with van der Waals surface area (Å²) in [5, 5.41) is 0. The van der Waals surface area contributed by atoms with Gasteiger partial charge in [-0.25, -0.2) is 13.1 Å². The first kappa shape index (κ1) is 21.8. The summed E-state index contributed by atoms with van der Waals surface area (Å²) in [4.78, 5) is 19.0. The summed E-state index contributed by atoms with van der Waals surface area (Å²) in [5.41, 5.74) is 4.20. The van der Waals surface area contributed by atoms with Crippen LogP contribution < -0.4 is 9.46 Å². The van der Waals surface area contributed by atoms with Gasteiger partial charge in [-0.3, -0.25) is 9.78 Å². The van der Waals surface area contributed by atoms with Gasteiger partial charge in [-0.2, -0.15) is 0 Å². The largest absolute Gasteiger partial charge is 0.496 e. The summed E-state index contributed by atoms with van der Waals surface area (Å²) < 4.78 is 32.3. The third-order valence-electron chi connectivity index (χ3n) is 4.91. The van der Waals surface area contributed by atoms with Crippen LogP contribution in [0.4, 0.5) is 0 Å². The molecule has 0 bridgehead atoms. The quantitative estimate of drug-likeness (QED) is 0.798. The first-order chi connectivity index (χ1) is 13.0. The molecule has 8 heteroatoms. The van der Waals surface area contributed by atoms with Crippen LogP contribution in [0.15, 0.2) is 23.2 Å². The molecule has 152 valence electrons. The maximum absolute atomic E-state index is 13.0. The fourth-order valence-electron chi connectivity index (χ4n) is 3.09. The summed E-state index contributed by atoms with van der Waals surface area (Å²) in [5.74, 6) is 0.468. The van der Waals surface area contributed by atoms with E-state index in [1.165, 1.54) is 18.0 Å². The molecule has 0 fully saturated rings. The molecule has 0 saturated heterocycles. The third kappa shape index (κ3) is 4.18. The van der Waals surface area contributed by atoms with Gasteiger partial charge in [-0.1, -0.05) is 0 Å². The predicted octanol–water partition coefficient (Wildman–Crippen LogP) is 2.50. The van der Waals surface area contributed by atoms with E-state index in [4.69, 9.17) is 4.74 Å². The second-order valence-electron chi connectivity index (χ2n) is 6.83. The molecule has 0 aliphatic rings. The van der Waals surface area contributed by atoms with E-state index in [2.05, 4.69) is 9.71 Å². The van der Waals surface area contributed by atoms with Gasteiger partial charge >= 0.3 is 0 Å². The van der Waals surface area contributed by atoms with Crippen LogP contribution in [0.3, 0.4) is 0 Å². The molecule has 0 atom stereocenters.